The van der Waals surface area contributed by atoms with Crippen LogP contribution < -0.4 is 10.6 Å². The van der Waals surface area contributed by atoms with E-state index >= 15 is 0 Å². The summed E-state index contributed by atoms with van der Waals surface area (Å²) in [6.07, 6.45) is 0. The van der Waals surface area contributed by atoms with Crippen LogP contribution in [0.4, 0.5) is 5.69 Å². The molecule has 0 unspecified atom stereocenters. The first-order chi connectivity index (χ1) is 17.1. The minimum atomic E-state index is -0.314. The number of nitrogens with one attached hydrogen (secondary N) is 2. The molecule has 0 fully saturated rings. The predicted molar refractivity (Wildman–Crippen MR) is 150 cm³/mol. The van der Waals surface area contributed by atoms with E-state index in [2.05, 4.69) is 50.6 Å². The van der Waals surface area contributed by atoms with Gasteiger partial charge in [-0.1, -0.05) is 73.1 Å². The number of thioether (sulfide) groups is 1. The number of anilines is 1. The van der Waals surface area contributed by atoms with Gasteiger partial charge in [0.25, 0.3) is 5.91 Å². The summed E-state index contributed by atoms with van der Waals surface area (Å²) in [6.45, 7) is 12.9. The minimum absolute atomic E-state index is 0.0990. The summed E-state index contributed by atoms with van der Waals surface area (Å²) < 4.78 is 2.95. The molecule has 36 heavy (non-hydrogen) atoms. The molecule has 0 bridgehead atoms. The lowest BCUT2D eigenvalue weighted by molar-refractivity contribution is -0.113. The average Bonchev–Trinajstić information content (AvgIpc) is 3.24. The number of carbonyl (C=O) groups is 2. The highest BCUT2D eigenvalue weighted by atomic mass is 79.9. The van der Waals surface area contributed by atoms with Crippen LogP contribution in [0.25, 0.3) is 0 Å². The number of amides is 2. The fourth-order valence-electron chi connectivity index (χ4n) is 3.83. The van der Waals surface area contributed by atoms with Gasteiger partial charge in [0.1, 0.15) is 0 Å². The average molecular weight is 573 g/mol. The van der Waals surface area contributed by atoms with Crippen LogP contribution in [0.2, 0.25) is 0 Å². The summed E-state index contributed by atoms with van der Waals surface area (Å²) in [5.41, 5.74) is 3.60. The van der Waals surface area contributed by atoms with E-state index in [-0.39, 0.29) is 35.4 Å². The monoisotopic (exact) mass is 571 g/mol. The van der Waals surface area contributed by atoms with Gasteiger partial charge in [0, 0.05) is 22.3 Å². The first-order valence-corrected chi connectivity index (χ1v) is 13.9. The van der Waals surface area contributed by atoms with Crippen molar-refractivity contribution in [2.75, 3.05) is 11.1 Å². The van der Waals surface area contributed by atoms with E-state index in [1.54, 1.807) is 0 Å². The lowest BCUT2D eigenvalue weighted by Crippen LogP contribution is -2.33. The van der Waals surface area contributed by atoms with Crippen LogP contribution in [0, 0.1) is 12.8 Å². The third-order valence-corrected chi connectivity index (χ3v) is 7.31. The zero-order chi connectivity index (χ0) is 26.4. The van der Waals surface area contributed by atoms with Gasteiger partial charge in [-0.15, -0.1) is 10.2 Å². The van der Waals surface area contributed by atoms with Crippen LogP contribution in [-0.2, 0) is 11.3 Å². The van der Waals surface area contributed by atoms with E-state index in [1.165, 1.54) is 11.8 Å². The number of aromatic nitrogens is 3. The van der Waals surface area contributed by atoms with Gasteiger partial charge in [-0.25, -0.2) is 0 Å². The second kappa shape index (κ2) is 12.5. The van der Waals surface area contributed by atoms with E-state index < -0.39 is 0 Å². The number of nitrogens with zero attached hydrogens (tertiary/aromatic N) is 3. The Labute approximate surface area is 226 Å². The van der Waals surface area contributed by atoms with E-state index in [0.717, 1.165) is 21.3 Å². The molecule has 0 spiro atoms. The van der Waals surface area contributed by atoms with Crippen molar-refractivity contribution >= 4 is 45.2 Å². The van der Waals surface area contributed by atoms with E-state index in [4.69, 9.17) is 0 Å². The van der Waals surface area contributed by atoms with Crippen LogP contribution in [0.1, 0.15) is 73.9 Å². The van der Waals surface area contributed by atoms with E-state index in [0.29, 0.717) is 23.1 Å². The summed E-state index contributed by atoms with van der Waals surface area (Å²) in [6, 6.07) is 13.0. The maximum absolute atomic E-state index is 12.9. The number of carbonyl (C=O) groups excluding carboxylic acids is 2. The number of aryl methyl sites for hydroxylation is 1. The number of halogens is 1. The molecule has 7 nitrogen and oxygen atoms in total. The van der Waals surface area contributed by atoms with Crippen molar-refractivity contribution in [2.45, 2.75) is 65.2 Å². The molecule has 1 aromatic heterocycles. The first kappa shape index (κ1) is 27.9. The van der Waals surface area contributed by atoms with Crippen molar-refractivity contribution in [1.82, 2.24) is 20.1 Å². The molecular formula is C27H34BrN5O2S. The maximum Gasteiger partial charge on any atom is 0.251 e. The van der Waals surface area contributed by atoms with Crippen LogP contribution in [0.15, 0.2) is 52.1 Å². The Morgan fingerprint density at radius 2 is 1.75 bits per heavy atom. The summed E-state index contributed by atoms with van der Waals surface area (Å²) >= 11 is 4.84. The first-order valence-electron chi connectivity index (χ1n) is 12.1. The molecule has 2 aromatic carbocycles. The molecule has 0 saturated carbocycles. The summed E-state index contributed by atoms with van der Waals surface area (Å²) in [4.78, 5) is 25.7. The highest BCUT2D eigenvalue weighted by Crippen LogP contribution is 2.29. The summed E-state index contributed by atoms with van der Waals surface area (Å²) in [7, 11) is 0. The van der Waals surface area contributed by atoms with Crippen molar-refractivity contribution in [3.63, 3.8) is 0 Å². The predicted octanol–water partition coefficient (Wildman–Crippen LogP) is 6.35. The van der Waals surface area contributed by atoms with Crippen LogP contribution in [0.5, 0.6) is 0 Å². The fraction of sp³-hybridized carbons (Fsp3) is 0.407. The Balaban J connectivity index is 1.72. The van der Waals surface area contributed by atoms with Crippen molar-refractivity contribution in [3.8, 4) is 0 Å². The van der Waals surface area contributed by atoms with Crippen molar-refractivity contribution in [1.29, 1.82) is 0 Å². The fourth-order valence-corrected chi connectivity index (χ4v) is 5.02. The van der Waals surface area contributed by atoms with Crippen molar-refractivity contribution < 1.29 is 9.59 Å². The van der Waals surface area contributed by atoms with Crippen molar-refractivity contribution in [2.24, 2.45) is 5.92 Å². The standard InChI is InChI=1S/C27H34BrN5O2S/c1-7-33-25(24(17(4)5)30-26(35)19-10-8-18(6)9-11-19)31-32-27(33)36-15-23(34)29-22-13-12-20(28)14-21(22)16(2)3/h8-14,16-17,24H,7,15H2,1-6H3,(H,29,34)(H,30,35)/t24-/m0/s1. The molecule has 0 aliphatic rings. The molecule has 0 radical (unpaired) electrons. The molecule has 0 saturated heterocycles. The van der Waals surface area contributed by atoms with E-state index in [9.17, 15) is 9.59 Å². The Hall–Kier alpha value is -2.65. The van der Waals surface area contributed by atoms with Gasteiger partial charge >= 0.3 is 0 Å². The van der Waals surface area contributed by atoms with Crippen LogP contribution in [-0.4, -0.2) is 32.3 Å². The summed E-state index contributed by atoms with van der Waals surface area (Å²) in [5, 5.41) is 15.6. The minimum Gasteiger partial charge on any atom is -0.342 e. The lowest BCUT2D eigenvalue weighted by atomic mass is 10.0. The highest BCUT2D eigenvalue weighted by molar-refractivity contribution is 9.10. The molecular weight excluding hydrogens is 538 g/mol. The van der Waals surface area contributed by atoms with Gasteiger partial charge in [-0.3, -0.25) is 9.59 Å². The van der Waals surface area contributed by atoms with Gasteiger partial charge < -0.3 is 15.2 Å². The molecule has 3 rings (SSSR count). The molecule has 192 valence electrons. The number of hydrogen-bond acceptors (Lipinski definition) is 5. The molecule has 1 atom stereocenters. The second-order valence-corrected chi connectivity index (χ2v) is 11.2. The molecule has 0 aliphatic heterocycles. The second-order valence-electron chi connectivity index (χ2n) is 9.37. The van der Waals surface area contributed by atoms with Crippen LogP contribution >= 0.6 is 27.7 Å². The van der Waals surface area contributed by atoms with Gasteiger partial charge in [-0.2, -0.15) is 0 Å². The Bertz CT molecular complexity index is 1210. The third kappa shape index (κ3) is 6.97. The number of rotatable bonds is 10. The molecule has 9 heteroatoms. The van der Waals surface area contributed by atoms with Crippen LogP contribution in [0.3, 0.4) is 0 Å². The molecule has 2 amide bonds. The Morgan fingerprint density at radius 3 is 2.36 bits per heavy atom. The molecule has 0 aliphatic carbocycles. The van der Waals surface area contributed by atoms with Gasteiger partial charge in [-0.05, 0) is 61.6 Å². The lowest BCUT2D eigenvalue weighted by Gasteiger charge is -2.22. The molecule has 1 heterocycles. The molecule has 2 N–H and O–H groups in total. The smallest absolute Gasteiger partial charge is 0.251 e. The molecule has 3 aromatic rings. The third-order valence-electron chi connectivity index (χ3n) is 5.85. The SMILES string of the molecule is CCn1c(SCC(=O)Nc2ccc(Br)cc2C(C)C)nnc1[C@@H](NC(=O)c1ccc(C)cc1)C(C)C. The Kier molecular flexibility index (Phi) is 9.73. The van der Waals surface area contributed by atoms with E-state index in [1.807, 2.05) is 74.7 Å². The zero-order valence-corrected chi connectivity index (χ0v) is 24.0. The number of benzene rings is 2. The van der Waals surface area contributed by atoms with Gasteiger partial charge in [0.15, 0.2) is 11.0 Å². The van der Waals surface area contributed by atoms with Crippen molar-refractivity contribution in [3.05, 3.63) is 69.5 Å². The Morgan fingerprint density at radius 1 is 1.06 bits per heavy atom. The largest absolute Gasteiger partial charge is 0.342 e. The quantitative estimate of drug-likeness (QED) is 0.277. The highest BCUT2D eigenvalue weighted by Gasteiger charge is 2.26. The summed E-state index contributed by atoms with van der Waals surface area (Å²) in [5.74, 6) is 1.01. The van der Waals surface area contributed by atoms with Gasteiger partial charge in [0.05, 0.1) is 11.8 Å². The maximum atomic E-state index is 12.9. The zero-order valence-electron chi connectivity index (χ0n) is 21.6. The number of hydrogen-bond donors (Lipinski definition) is 2. The topological polar surface area (TPSA) is 88.9 Å². The van der Waals surface area contributed by atoms with Gasteiger partial charge in [0.2, 0.25) is 5.91 Å². The normalized spacial score (nSPS) is 12.1.